The number of rotatable bonds is 23. The van der Waals surface area contributed by atoms with E-state index in [-0.39, 0.29) is 17.7 Å². The molecule has 1 aromatic rings. The van der Waals surface area contributed by atoms with E-state index in [0.717, 1.165) is 42.6 Å². The van der Waals surface area contributed by atoms with Crippen molar-refractivity contribution >= 4 is 23.2 Å². The maximum atomic E-state index is 12.4. The standard InChI is InChI=1S/C33H56N2O2/c1-3-4-5-6-7-8-9-10-11-12-13-14-15-16-17-18-19-20-21-25-32(36)34-30-23-22-24-31(28(30)2)35-33(37)29-26-27-29/h22-24,29H,3-21,25-27H2,1-2H3,(H,34,36)(H,35,37). The molecule has 0 aliphatic heterocycles. The number of anilines is 2. The molecule has 1 aliphatic carbocycles. The minimum atomic E-state index is 0.0701. The van der Waals surface area contributed by atoms with Gasteiger partial charge in [-0.05, 0) is 43.9 Å². The van der Waals surface area contributed by atoms with Crippen molar-refractivity contribution in [2.45, 2.75) is 155 Å². The molecule has 0 spiro atoms. The summed E-state index contributed by atoms with van der Waals surface area (Å²) in [6, 6.07) is 5.71. The van der Waals surface area contributed by atoms with Crippen LogP contribution < -0.4 is 10.6 Å². The molecule has 0 saturated heterocycles. The quantitative estimate of drug-likeness (QED) is 0.143. The highest BCUT2D eigenvalue weighted by molar-refractivity contribution is 5.97. The van der Waals surface area contributed by atoms with Gasteiger partial charge in [0.1, 0.15) is 0 Å². The lowest BCUT2D eigenvalue weighted by molar-refractivity contribution is -0.117. The Morgan fingerprint density at radius 1 is 0.649 bits per heavy atom. The number of amides is 2. The molecule has 0 bridgehead atoms. The van der Waals surface area contributed by atoms with Crippen LogP contribution in [0, 0.1) is 12.8 Å². The summed E-state index contributed by atoms with van der Waals surface area (Å²) in [6.07, 6.45) is 28.3. The summed E-state index contributed by atoms with van der Waals surface area (Å²) in [5.74, 6) is 0.341. The Morgan fingerprint density at radius 2 is 1.05 bits per heavy atom. The summed E-state index contributed by atoms with van der Waals surface area (Å²) in [5.41, 5.74) is 2.53. The zero-order chi connectivity index (χ0) is 26.6. The third-order valence-electron chi connectivity index (χ3n) is 7.82. The molecule has 0 unspecified atom stereocenters. The van der Waals surface area contributed by atoms with Gasteiger partial charge in [-0.3, -0.25) is 9.59 Å². The van der Waals surface area contributed by atoms with E-state index in [0.29, 0.717) is 6.42 Å². The highest BCUT2D eigenvalue weighted by atomic mass is 16.2. The fourth-order valence-electron chi connectivity index (χ4n) is 5.06. The monoisotopic (exact) mass is 512 g/mol. The smallest absolute Gasteiger partial charge is 0.227 e. The van der Waals surface area contributed by atoms with Crippen LogP contribution in [0.25, 0.3) is 0 Å². The Hall–Kier alpha value is -1.84. The summed E-state index contributed by atoms with van der Waals surface area (Å²) in [7, 11) is 0. The maximum Gasteiger partial charge on any atom is 0.227 e. The molecular weight excluding hydrogens is 456 g/mol. The topological polar surface area (TPSA) is 58.2 Å². The first kappa shape index (κ1) is 31.4. The van der Waals surface area contributed by atoms with Gasteiger partial charge >= 0.3 is 0 Å². The van der Waals surface area contributed by atoms with E-state index in [1.807, 2.05) is 25.1 Å². The van der Waals surface area contributed by atoms with Gasteiger partial charge in [-0.2, -0.15) is 0 Å². The lowest BCUT2D eigenvalue weighted by Crippen LogP contribution is -2.16. The molecule has 0 heterocycles. The van der Waals surface area contributed by atoms with Crippen molar-refractivity contribution in [1.29, 1.82) is 0 Å². The first-order chi connectivity index (χ1) is 18.1. The highest BCUT2D eigenvalue weighted by Gasteiger charge is 2.29. The van der Waals surface area contributed by atoms with E-state index >= 15 is 0 Å². The lowest BCUT2D eigenvalue weighted by Gasteiger charge is -2.13. The Labute approximate surface area is 228 Å². The van der Waals surface area contributed by atoms with E-state index in [9.17, 15) is 9.59 Å². The molecule has 1 saturated carbocycles. The van der Waals surface area contributed by atoms with Gasteiger partial charge < -0.3 is 10.6 Å². The zero-order valence-electron chi connectivity index (χ0n) is 24.2. The molecule has 1 fully saturated rings. The molecule has 2 amide bonds. The number of unbranched alkanes of at least 4 members (excludes halogenated alkanes) is 18. The van der Waals surface area contributed by atoms with Crippen LogP contribution in [0.1, 0.15) is 154 Å². The first-order valence-electron chi connectivity index (χ1n) is 15.8. The minimum absolute atomic E-state index is 0.0701. The second kappa shape index (κ2) is 20.2. The predicted molar refractivity (Wildman–Crippen MR) is 159 cm³/mol. The van der Waals surface area contributed by atoms with Crippen LogP contribution in [0.3, 0.4) is 0 Å². The fraction of sp³-hybridized carbons (Fsp3) is 0.758. The number of benzene rings is 1. The second-order valence-corrected chi connectivity index (χ2v) is 11.4. The van der Waals surface area contributed by atoms with Crippen molar-refractivity contribution in [2.75, 3.05) is 10.6 Å². The lowest BCUT2D eigenvalue weighted by atomic mass is 10.0. The van der Waals surface area contributed by atoms with Gasteiger partial charge in [-0.15, -0.1) is 0 Å². The van der Waals surface area contributed by atoms with E-state index in [1.165, 1.54) is 109 Å². The first-order valence-corrected chi connectivity index (χ1v) is 15.8. The molecular formula is C33H56N2O2. The van der Waals surface area contributed by atoms with Gasteiger partial charge in [0, 0.05) is 23.7 Å². The third kappa shape index (κ3) is 15.2. The summed E-state index contributed by atoms with van der Waals surface area (Å²) < 4.78 is 0. The zero-order valence-corrected chi connectivity index (χ0v) is 24.2. The third-order valence-corrected chi connectivity index (χ3v) is 7.82. The SMILES string of the molecule is CCCCCCCCCCCCCCCCCCCCCC(=O)Nc1cccc(NC(=O)C2CC2)c1C. The molecule has 4 heteroatoms. The summed E-state index contributed by atoms with van der Waals surface area (Å²) in [5, 5.41) is 6.04. The Kier molecular flexibility index (Phi) is 17.1. The van der Waals surface area contributed by atoms with Crippen molar-refractivity contribution < 1.29 is 9.59 Å². The number of carbonyl (C=O) groups excluding carboxylic acids is 2. The number of hydrogen-bond donors (Lipinski definition) is 2. The summed E-state index contributed by atoms with van der Waals surface area (Å²) in [4.78, 5) is 24.5. The summed E-state index contributed by atoms with van der Waals surface area (Å²) in [6.45, 7) is 4.24. The van der Waals surface area contributed by atoms with Crippen LogP contribution in [-0.4, -0.2) is 11.8 Å². The van der Waals surface area contributed by atoms with Crippen LogP contribution in [-0.2, 0) is 9.59 Å². The van der Waals surface area contributed by atoms with Crippen molar-refractivity contribution in [3.8, 4) is 0 Å². The molecule has 210 valence electrons. The molecule has 2 N–H and O–H groups in total. The number of hydrogen-bond acceptors (Lipinski definition) is 2. The van der Waals surface area contributed by atoms with Crippen LogP contribution >= 0.6 is 0 Å². The molecule has 4 nitrogen and oxygen atoms in total. The molecule has 1 aromatic carbocycles. The molecule has 0 aromatic heterocycles. The van der Waals surface area contributed by atoms with Crippen molar-refractivity contribution in [3.05, 3.63) is 23.8 Å². The van der Waals surface area contributed by atoms with Crippen LogP contribution in [0.2, 0.25) is 0 Å². The average molecular weight is 513 g/mol. The van der Waals surface area contributed by atoms with E-state index in [1.54, 1.807) is 0 Å². The minimum Gasteiger partial charge on any atom is -0.326 e. The van der Waals surface area contributed by atoms with Gasteiger partial charge in [0.25, 0.3) is 0 Å². The second-order valence-electron chi connectivity index (χ2n) is 11.4. The normalized spacial score (nSPS) is 13.0. The van der Waals surface area contributed by atoms with Gasteiger partial charge in [-0.25, -0.2) is 0 Å². The van der Waals surface area contributed by atoms with E-state index < -0.39 is 0 Å². The van der Waals surface area contributed by atoms with Crippen LogP contribution in [0.5, 0.6) is 0 Å². The van der Waals surface area contributed by atoms with Crippen molar-refractivity contribution in [2.24, 2.45) is 5.92 Å². The largest absolute Gasteiger partial charge is 0.326 e. The Balaban J connectivity index is 1.37. The maximum absolute atomic E-state index is 12.4. The molecule has 1 aliphatic rings. The van der Waals surface area contributed by atoms with E-state index in [4.69, 9.17) is 0 Å². The number of nitrogens with one attached hydrogen (secondary N) is 2. The van der Waals surface area contributed by atoms with Gasteiger partial charge in [0.15, 0.2) is 0 Å². The van der Waals surface area contributed by atoms with Gasteiger partial charge in [0.2, 0.25) is 11.8 Å². The van der Waals surface area contributed by atoms with Gasteiger partial charge in [0.05, 0.1) is 0 Å². The van der Waals surface area contributed by atoms with Crippen LogP contribution in [0.15, 0.2) is 18.2 Å². The van der Waals surface area contributed by atoms with Crippen molar-refractivity contribution in [1.82, 2.24) is 0 Å². The Morgan fingerprint density at radius 3 is 1.49 bits per heavy atom. The van der Waals surface area contributed by atoms with Crippen molar-refractivity contribution in [3.63, 3.8) is 0 Å². The average Bonchev–Trinajstić information content (AvgIpc) is 3.74. The predicted octanol–water partition coefficient (Wildman–Crippen LogP) is 10.1. The van der Waals surface area contributed by atoms with Crippen LogP contribution in [0.4, 0.5) is 11.4 Å². The number of carbonyl (C=O) groups is 2. The highest BCUT2D eigenvalue weighted by Crippen LogP contribution is 2.31. The Bertz CT molecular complexity index is 757. The molecule has 37 heavy (non-hydrogen) atoms. The molecule has 2 rings (SSSR count). The van der Waals surface area contributed by atoms with E-state index in [2.05, 4.69) is 17.6 Å². The summed E-state index contributed by atoms with van der Waals surface area (Å²) >= 11 is 0. The fourth-order valence-corrected chi connectivity index (χ4v) is 5.06. The van der Waals surface area contributed by atoms with Gasteiger partial charge in [-0.1, -0.05) is 129 Å². The molecule has 0 radical (unpaired) electrons. The molecule has 0 atom stereocenters.